The molecule has 1 saturated heterocycles. The number of aliphatic hydroxyl groups is 1. The smallest absolute Gasteiger partial charge is 0.234 e. The summed E-state index contributed by atoms with van der Waals surface area (Å²) in [6.45, 7) is 2.49. The monoisotopic (exact) mass is 250 g/mol. The fourth-order valence-electron chi connectivity index (χ4n) is 1.94. The van der Waals surface area contributed by atoms with Gasteiger partial charge in [-0.05, 0) is 24.6 Å². The fourth-order valence-corrected chi connectivity index (χ4v) is 1.94. The second-order valence-electron chi connectivity index (χ2n) is 4.85. The Bertz CT molecular complexity index is 450. The molecule has 0 aromatic heterocycles. The first kappa shape index (κ1) is 13.0. The Labute approximate surface area is 106 Å². The van der Waals surface area contributed by atoms with Gasteiger partial charge >= 0.3 is 0 Å². The highest BCUT2D eigenvalue weighted by Crippen LogP contribution is 2.28. The summed E-state index contributed by atoms with van der Waals surface area (Å²) < 4.78 is 5.25. The van der Waals surface area contributed by atoms with Crippen molar-refractivity contribution in [2.75, 3.05) is 18.5 Å². The Morgan fingerprint density at radius 1 is 1.67 bits per heavy atom. The molecule has 0 radical (unpaired) electrons. The summed E-state index contributed by atoms with van der Waals surface area (Å²) >= 11 is 0. The van der Waals surface area contributed by atoms with Crippen LogP contribution in [-0.4, -0.2) is 30.3 Å². The minimum atomic E-state index is -0.699. The van der Waals surface area contributed by atoms with Crippen molar-refractivity contribution in [3.63, 3.8) is 0 Å². The third kappa shape index (κ3) is 2.38. The predicted molar refractivity (Wildman–Crippen MR) is 67.9 cm³/mol. The van der Waals surface area contributed by atoms with Crippen LogP contribution in [0.5, 0.6) is 0 Å². The first-order valence-electron chi connectivity index (χ1n) is 5.91. The molecule has 1 aliphatic heterocycles. The molecular formula is C13H18N2O3. The van der Waals surface area contributed by atoms with Gasteiger partial charge < -0.3 is 20.9 Å². The average molecular weight is 250 g/mol. The highest BCUT2D eigenvalue weighted by Gasteiger charge is 2.44. The first-order valence-corrected chi connectivity index (χ1v) is 5.91. The van der Waals surface area contributed by atoms with Crippen LogP contribution in [0, 0.1) is 5.41 Å². The quantitative estimate of drug-likeness (QED) is 0.728. The Balaban J connectivity index is 2.11. The zero-order chi connectivity index (χ0) is 13.2. The van der Waals surface area contributed by atoms with Crippen LogP contribution in [0.2, 0.25) is 0 Å². The van der Waals surface area contributed by atoms with E-state index < -0.39 is 5.41 Å². The van der Waals surface area contributed by atoms with E-state index in [1.54, 1.807) is 31.2 Å². The van der Waals surface area contributed by atoms with Crippen molar-refractivity contribution in [3.8, 4) is 0 Å². The number of aliphatic hydroxyl groups excluding tert-OH is 1. The third-order valence-corrected chi connectivity index (χ3v) is 3.40. The molecule has 4 N–H and O–H groups in total. The van der Waals surface area contributed by atoms with Gasteiger partial charge in [-0.2, -0.15) is 0 Å². The molecule has 2 unspecified atom stereocenters. The zero-order valence-electron chi connectivity index (χ0n) is 10.3. The number of nitrogens with one attached hydrogen (secondary N) is 1. The lowest BCUT2D eigenvalue weighted by Gasteiger charge is -2.25. The molecule has 5 heteroatoms. The molecule has 0 saturated carbocycles. The van der Waals surface area contributed by atoms with Crippen LogP contribution in [-0.2, 0) is 16.1 Å². The molecule has 5 nitrogen and oxygen atoms in total. The molecule has 1 heterocycles. The van der Waals surface area contributed by atoms with E-state index in [0.29, 0.717) is 18.9 Å². The standard InChI is InChI=1S/C13H18N2O3/c1-13(8-18-7-11(13)14)12(17)15-10-4-2-3-9(5-10)6-16/h2-5,11,16H,6-8,14H2,1H3,(H,15,17). The number of ether oxygens (including phenoxy) is 1. The van der Waals surface area contributed by atoms with Gasteiger partial charge in [0.05, 0.1) is 25.2 Å². The maximum Gasteiger partial charge on any atom is 0.234 e. The Hall–Kier alpha value is -1.43. The Kier molecular flexibility index (Phi) is 3.65. The van der Waals surface area contributed by atoms with Gasteiger partial charge in [0, 0.05) is 11.7 Å². The van der Waals surface area contributed by atoms with E-state index in [-0.39, 0.29) is 18.6 Å². The lowest BCUT2D eigenvalue weighted by molar-refractivity contribution is -0.125. The van der Waals surface area contributed by atoms with Crippen molar-refractivity contribution in [3.05, 3.63) is 29.8 Å². The van der Waals surface area contributed by atoms with Gasteiger partial charge in [-0.25, -0.2) is 0 Å². The predicted octanol–water partition coefficient (Wildman–Crippen LogP) is 0.481. The highest BCUT2D eigenvalue weighted by atomic mass is 16.5. The molecule has 1 aromatic carbocycles. The van der Waals surface area contributed by atoms with Crippen LogP contribution in [0.25, 0.3) is 0 Å². The molecule has 98 valence electrons. The molecule has 2 atom stereocenters. The second kappa shape index (κ2) is 5.06. The van der Waals surface area contributed by atoms with Crippen molar-refractivity contribution >= 4 is 11.6 Å². The van der Waals surface area contributed by atoms with E-state index in [9.17, 15) is 4.79 Å². The molecule has 1 fully saturated rings. The topological polar surface area (TPSA) is 84.6 Å². The fraction of sp³-hybridized carbons (Fsp3) is 0.462. The average Bonchev–Trinajstić information content (AvgIpc) is 2.71. The molecule has 0 aliphatic carbocycles. The summed E-state index contributed by atoms with van der Waals surface area (Å²) in [6, 6.07) is 6.80. The molecule has 1 amide bonds. The molecule has 2 rings (SSSR count). The van der Waals surface area contributed by atoms with Gasteiger partial charge in [-0.15, -0.1) is 0 Å². The van der Waals surface area contributed by atoms with E-state index in [1.165, 1.54) is 0 Å². The summed E-state index contributed by atoms with van der Waals surface area (Å²) in [5, 5.41) is 11.9. The number of carbonyl (C=O) groups excluding carboxylic acids is 1. The molecule has 0 spiro atoms. The number of carbonyl (C=O) groups is 1. The van der Waals surface area contributed by atoms with Gasteiger partial charge in [0.15, 0.2) is 0 Å². The van der Waals surface area contributed by atoms with Crippen molar-refractivity contribution in [1.29, 1.82) is 0 Å². The van der Waals surface area contributed by atoms with E-state index in [1.807, 2.05) is 0 Å². The van der Waals surface area contributed by atoms with E-state index in [0.717, 1.165) is 5.56 Å². The summed E-state index contributed by atoms with van der Waals surface area (Å²) in [6.07, 6.45) is 0. The summed E-state index contributed by atoms with van der Waals surface area (Å²) in [4.78, 5) is 12.2. The van der Waals surface area contributed by atoms with Gasteiger partial charge in [-0.3, -0.25) is 4.79 Å². The minimum Gasteiger partial charge on any atom is -0.392 e. The number of hydrogen-bond acceptors (Lipinski definition) is 4. The number of anilines is 1. The highest BCUT2D eigenvalue weighted by molar-refractivity contribution is 5.96. The summed E-state index contributed by atoms with van der Waals surface area (Å²) in [5.74, 6) is -0.150. The lowest BCUT2D eigenvalue weighted by atomic mass is 9.85. The van der Waals surface area contributed by atoms with Gasteiger partial charge in [0.25, 0.3) is 0 Å². The summed E-state index contributed by atoms with van der Waals surface area (Å²) in [5.41, 5.74) is 6.61. The number of rotatable bonds is 3. The van der Waals surface area contributed by atoms with E-state index >= 15 is 0 Å². The number of amides is 1. The van der Waals surface area contributed by atoms with Crippen LogP contribution < -0.4 is 11.1 Å². The molecule has 1 aromatic rings. The van der Waals surface area contributed by atoms with Crippen LogP contribution in [0.3, 0.4) is 0 Å². The zero-order valence-corrected chi connectivity index (χ0v) is 10.3. The molecule has 1 aliphatic rings. The van der Waals surface area contributed by atoms with Crippen molar-refractivity contribution in [1.82, 2.24) is 0 Å². The normalized spacial score (nSPS) is 27.2. The SMILES string of the molecule is CC1(C(=O)Nc2cccc(CO)c2)COCC1N. The van der Waals surface area contributed by atoms with Gasteiger partial charge in [-0.1, -0.05) is 12.1 Å². The molecule has 0 bridgehead atoms. The lowest BCUT2D eigenvalue weighted by Crippen LogP contribution is -2.47. The third-order valence-electron chi connectivity index (χ3n) is 3.40. The van der Waals surface area contributed by atoms with E-state index in [4.69, 9.17) is 15.6 Å². The number of hydrogen-bond donors (Lipinski definition) is 3. The van der Waals surface area contributed by atoms with Crippen LogP contribution >= 0.6 is 0 Å². The number of nitrogens with two attached hydrogens (primary N) is 1. The Morgan fingerprint density at radius 2 is 2.44 bits per heavy atom. The van der Waals surface area contributed by atoms with Crippen molar-refractivity contribution < 1.29 is 14.6 Å². The van der Waals surface area contributed by atoms with Crippen molar-refractivity contribution in [2.45, 2.75) is 19.6 Å². The second-order valence-corrected chi connectivity index (χ2v) is 4.85. The van der Waals surface area contributed by atoms with Crippen LogP contribution in [0.4, 0.5) is 5.69 Å². The first-order chi connectivity index (χ1) is 8.56. The Morgan fingerprint density at radius 3 is 3.06 bits per heavy atom. The molecular weight excluding hydrogens is 232 g/mol. The van der Waals surface area contributed by atoms with Gasteiger partial charge in [0.2, 0.25) is 5.91 Å². The van der Waals surface area contributed by atoms with Crippen LogP contribution in [0.1, 0.15) is 12.5 Å². The largest absolute Gasteiger partial charge is 0.392 e. The summed E-state index contributed by atoms with van der Waals surface area (Å²) in [7, 11) is 0. The molecule has 18 heavy (non-hydrogen) atoms. The maximum atomic E-state index is 12.2. The van der Waals surface area contributed by atoms with Crippen molar-refractivity contribution in [2.24, 2.45) is 11.1 Å². The maximum absolute atomic E-state index is 12.2. The minimum absolute atomic E-state index is 0.0520. The van der Waals surface area contributed by atoms with Crippen LogP contribution in [0.15, 0.2) is 24.3 Å². The van der Waals surface area contributed by atoms with Gasteiger partial charge in [0.1, 0.15) is 0 Å². The number of benzene rings is 1. The van der Waals surface area contributed by atoms with E-state index in [2.05, 4.69) is 5.32 Å².